The van der Waals surface area contributed by atoms with Crippen LogP contribution in [0.25, 0.3) is 0 Å². The van der Waals surface area contributed by atoms with Crippen molar-refractivity contribution in [1.82, 2.24) is 5.32 Å². The topological polar surface area (TPSA) is 70.7 Å². The molecule has 1 saturated heterocycles. The minimum absolute atomic E-state index is 0.0199. The summed E-state index contributed by atoms with van der Waals surface area (Å²) in [5.74, 6) is -0.387. The van der Waals surface area contributed by atoms with Crippen LogP contribution in [0.15, 0.2) is 24.3 Å². The van der Waals surface area contributed by atoms with Gasteiger partial charge in [0.15, 0.2) is 0 Å². The molecule has 1 fully saturated rings. The Morgan fingerprint density at radius 1 is 1.13 bits per heavy atom. The Labute approximate surface area is 137 Å². The van der Waals surface area contributed by atoms with Gasteiger partial charge in [-0.15, -0.1) is 0 Å². The van der Waals surface area contributed by atoms with Gasteiger partial charge < -0.3 is 20.3 Å². The van der Waals surface area contributed by atoms with Crippen molar-refractivity contribution in [2.45, 2.75) is 26.8 Å². The normalized spacial score (nSPS) is 16.1. The van der Waals surface area contributed by atoms with Crippen molar-refractivity contribution in [3.63, 3.8) is 0 Å². The van der Waals surface area contributed by atoms with Crippen molar-refractivity contribution in [2.24, 2.45) is 5.92 Å². The summed E-state index contributed by atoms with van der Waals surface area (Å²) in [5.41, 5.74) is 1.84. The highest BCUT2D eigenvalue weighted by atomic mass is 16.5. The average Bonchev–Trinajstić information content (AvgIpc) is 2.53. The maximum atomic E-state index is 12.3. The van der Waals surface area contributed by atoms with Gasteiger partial charge in [0.2, 0.25) is 11.8 Å². The smallest absolute Gasteiger partial charge is 0.247 e. The SMILES string of the molecule is CC(=O)N[C@@H](C(=O)Nc1ccc(N2CCOCC2)cc1)C(C)C. The molecule has 1 aromatic carbocycles. The molecule has 2 N–H and O–H groups in total. The largest absolute Gasteiger partial charge is 0.378 e. The first-order valence-corrected chi connectivity index (χ1v) is 7.98. The van der Waals surface area contributed by atoms with E-state index in [9.17, 15) is 9.59 Å². The lowest BCUT2D eigenvalue weighted by Gasteiger charge is -2.29. The summed E-state index contributed by atoms with van der Waals surface area (Å²) >= 11 is 0. The summed E-state index contributed by atoms with van der Waals surface area (Å²) < 4.78 is 5.34. The Hall–Kier alpha value is -2.08. The van der Waals surface area contributed by atoms with E-state index in [0.29, 0.717) is 0 Å². The van der Waals surface area contributed by atoms with E-state index in [0.717, 1.165) is 37.7 Å². The van der Waals surface area contributed by atoms with Crippen molar-refractivity contribution >= 4 is 23.2 Å². The highest BCUT2D eigenvalue weighted by Gasteiger charge is 2.23. The van der Waals surface area contributed by atoms with Gasteiger partial charge in [-0.25, -0.2) is 0 Å². The zero-order valence-electron chi connectivity index (χ0n) is 14.0. The molecule has 0 aliphatic carbocycles. The summed E-state index contributed by atoms with van der Waals surface area (Å²) in [6.07, 6.45) is 0. The van der Waals surface area contributed by atoms with Crippen LogP contribution in [-0.4, -0.2) is 44.2 Å². The third-order valence-electron chi connectivity index (χ3n) is 3.82. The number of nitrogens with one attached hydrogen (secondary N) is 2. The Balaban J connectivity index is 1.98. The van der Waals surface area contributed by atoms with Crippen LogP contribution in [-0.2, 0) is 14.3 Å². The fourth-order valence-corrected chi connectivity index (χ4v) is 2.55. The lowest BCUT2D eigenvalue weighted by Crippen LogP contribution is -2.46. The van der Waals surface area contributed by atoms with E-state index >= 15 is 0 Å². The molecule has 0 unspecified atom stereocenters. The van der Waals surface area contributed by atoms with E-state index in [1.165, 1.54) is 6.92 Å². The van der Waals surface area contributed by atoms with Gasteiger partial charge in [0.25, 0.3) is 0 Å². The molecular formula is C17H25N3O3. The zero-order chi connectivity index (χ0) is 16.8. The Morgan fingerprint density at radius 2 is 1.74 bits per heavy atom. The number of amides is 2. The van der Waals surface area contributed by atoms with Gasteiger partial charge in [0.05, 0.1) is 13.2 Å². The van der Waals surface area contributed by atoms with Gasteiger partial charge in [0, 0.05) is 31.4 Å². The third kappa shape index (κ3) is 4.96. The molecule has 0 radical (unpaired) electrons. The number of carbonyl (C=O) groups is 2. The molecule has 2 amide bonds. The van der Waals surface area contributed by atoms with Crippen molar-refractivity contribution < 1.29 is 14.3 Å². The lowest BCUT2D eigenvalue weighted by atomic mass is 10.0. The molecular weight excluding hydrogens is 294 g/mol. The van der Waals surface area contributed by atoms with Crippen LogP contribution in [0.1, 0.15) is 20.8 Å². The molecule has 1 aliphatic heterocycles. The van der Waals surface area contributed by atoms with E-state index in [4.69, 9.17) is 4.74 Å². The number of carbonyl (C=O) groups excluding carboxylic acids is 2. The number of hydrogen-bond acceptors (Lipinski definition) is 4. The molecule has 6 nitrogen and oxygen atoms in total. The molecule has 0 aromatic heterocycles. The number of hydrogen-bond donors (Lipinski definition) is 2. The molecule has 1 aliphatic rings. The average molecular weight is 319 g/mol. The first-order valence-electron chi connectivity index (χ1n) is 7.98. The number of nitrogens with zero attached hydrogens (tertiary/aromatic N) is 1. The molecule has 0 bridgehead atoms. The summed E-state index contributed by atoms with van der Waals surface area (Å²) in [4.78, 5) is 25.8. The fourth-order valence-electron chi connectivity index (χ4n) is 2.55. The number of benzene rings is 1. The highest BCUT2D eigenvalue weighted by molar-refractivity contribution is 5.97. The lowest BCUT2D eigenvalue weighted by molar-refractivity contribution is -0.126. The second kappa shape index (κ2) is 7.97. The minimum atomic E-state index is -0.536. The third-order valence-corrected chi connectivity index (χ3v) is 3.82. The molecule has 0 spiro atoms. The maximum absolute atomic E-state index is 12.3. The summed E-state index contributed by atoms with van der Waals surface area (Å²) in [6.45, 7) is 8.47. The molecule has 0 saturated carbocycles. The van der Waals surface area contributed by atoms with Gasteiger partial charge in [-0.05, 0) is 30.2 Å². The monoisotopic (exact) mass is 319 g/mol. The Bertz CT molecular complexity index is 537. The van der Waals surface area contributed by atoms with Crippen molar-refractivity contribution in [3.8, 4) is 0 Å². The van der Waals surface area contributed by atoms with E-state index in [1.54, 1.807) is 0 Å². The van der Waals surface area contributed by atoms with Gasteiger partial charge in [-0.1, -0.05) is 13.8 Å². The van der Waals surface area contributed by atoms with Gasteiger partial charge >= 0.3 is 0 Å². The van der Waals surface area contributed by atoms with Crippen LogP contribution < -0.4 is 15.5 Å². The van der Waals surface area contributed by atoms with Crippen molar-refractivity contribution in [2.75, 3.05) is 36.5 Å². The van der Waals surface area contributed by atoms with Crippen LogP contribution >= 0.6 is 0 Å². The highest BCUT2D eigenvalue weighted by Crippen LogP contribution is 2.19. The number of rotatable bonds is 5. The Morgan fingerprint density at radius 3 is 2.26 bits per heavy atom. The van der Waals surface area contributed by atoms with E-state index in [1.807, 2.05) is 38.1 Å². The molecule has 23 heavy (non-hydrogen) atoms. The van der Waals surface area contributed by atoms with E-state index < -0.39 is 6.04 Å². The molecule has 1 heterocycles. The first-order chi connectivity index (χ1) is 11.0. The molecule has 1 atom stereocenters. The predicted octanol–water partition coefficient (Wildman–Crippen LogP) is 1.62. The number of ether oxygens (including phenoxy) is 1. The number of anilines is 2. The predicted molar refractivity (Wildman–Crippen MR) is 90.5 cm³/mol. The van der Waals surface area contributed by atoms with E-state index in [-0.39, 0.29) is 17.7 Å². The fraction of sp³-hybridized carbons (Fsp3) is 0.529. The molecule has 6 heteroatoms. The van der Waals surface area contributed by atoms with Crippen molar-refractivity contribution in [1.29, 1.82) is 0 Å². The van der Waals surface area contributed by atoms with Crippen LogP contribution in [0.4, 0.5) is 11.4 Å². The Kier molecular flexibility index (Phi) is 5.98. The standard InChI is InChI=1S/C17H25N3O3/c1-12(2)16(18-13(3)21)17(22)19-14-4-6-15(7-5-14)20-8-10-23-11-9-20/h4-7,12,16H,8-11H2,1-3H3,(H,18,21)(H,19,22)/t16-/m1/s1. The van der Waals surface area contributed by atoms with Crippen LogP contribution in [0.5, 0.6) is 0 Å². The van der Waals surface area contributed by atoms with Gasteiger partial charge in [0.1, 0.15) is 6.04 Å². The second-order valence-electron chi connectivity index (χ2n) is 6.06. The summed E-state index contributed by atoms with van der Waals surface area (Å²) in [5, 5.41) is 5.55. The zero-order valence-corrected chi connectivity index (χ0v) is 14.0. The van der Waals surface area contributed by atoms with E-state index in [2.05, 4.69) is 15.5 Å². The molecule has 1 aromatic rings. The minimum Gasteiger partial charge on any atom is -0.378 e. The second-order valence-corrected chi connectivity index (χ2v) is 6.06. The van der Waals surface area contributed by atoms with Crippen LogP contribution in [0, 0.1) is 5.92 Å². The maximum Gasteiger partial charge on any atom is 0.247 e. The summed E-state index contributed by atoms with van der Waals surface area (Å²) in [6, 6.07) is 7.21. The quantitative estimate of drug-likeness (QED) is 0.865. The van der Waals surface area contributed by atoms with Crippen LogP contribution in [0.3, 0.4) is 0 Å². The number of morpholine rings is 1. The molecule has 126 valence electrons. The van der Waals surface area contributed by atoms with Gasteiger partial charge in [-0.3, -0.25) is 9.59 Å². The first kappa shape index (κ1) is 17.3. The summed E-state index contributed by atoms with van der Waals surface area (Å²) in [7, 11) is 0. The molecule has 2 rings (SSSR count). The van der Waals surface area contributed by atoms with Crippen LogP contribution in [0.2, 0.25) is 0 Å². The van der Waals surface area contributed by atoms with Crippen molar-refractivity contribution in [3.05, 3.63) is 24.3 Å². The van der Waals surface area contributed by atoms with Gasteiger partial charge in [-0.2, -0.15) is 0 Å².